The highest BCUT2D eigenvalue weighted by molar-refractivity contribution is 6.31. The Morgan fingerprint density at radius 3 is 2.74 bits per heavy atom. The standard InChI is InChI=1S/C28H24Cl2N8O4/c1-41-8-9-42-28(40)34-25-7-2-16(13-31-25)21-14-32-27(33-21)23-6-4-19-10-17(11-26(39)38(19)23)20-12-18(29)3-5-22(20)37-15-24(30)35-36-37/h2-3,5,7,10-15,23H,4,6,8-9H2,1H3,(H,32,33)(H,31,34,40)/t23-/m0/s1. The number of fused-ring (bicyclic) bond motifs is 1. The van der Waals surface area contributed by atoms with Gasteiger partial charge in [-0.2, -0.15) is 0 Å². The third kappa shape index (κ3) is 5.64. The first kappa shape index (κ1) is 27.6. The SMILES string of the molecule is COCCOC(=O)Nc1ccc(-c2cnc([C@@H]3CCc4cc(-c5cc(Cl)ccc5-n5cc(Cl)nn5)cc(=O)n43)[nH]2)cn1. The number of H-pyrrole nitrogens is 1. The molecule has 0 saturated carbocycles. The van der Waals surface area contributed by atoms with Gasteiger partial charge in [-0.25, -0.2) is 19.4 Å². The number of halogens is 2. The van der Waals surface area contributed by atoms with Crippen molar-refractivity contribution in [2.45, 2.75) is 18.9 Å². The highest BCUT2D eigenvalue weighted by atomic mass is 35.5. The maximum Gasteiger partial charge on any atom is 0.412 e. The number of methoxy groups -OCH3 is 1. The predicted molar refractivity (Wildman–Crippen MR) is 156 cm³/mol. The summed E-state index contributed by atoms with van der Waals surface area (Å²) in [5, 5.41) is 11.3. The summed E-state index contributed by atoms with van der Waals surface area (Å²) >= 11 is 12.3. The van der Waals surface area contributed by atoms with E-state index >= 15 is 0 Å². The van der Waals surface area contributed by atoms with Gasteiger partial charge in [0, 0.05) is 41.2 Å². The summed E-state index contributed by atoms with van der Waals surface area (Å²) in [7, 11) is 1.53. The van der Waals surface area contributed by atoms with Crippen LogP contribution >= 0.6 is 23.2 Å². The van der Waals surface area contributed by atoms with Gasteiger partial charge < -0.3 is 19.0 Å². The average molecular weight is 607 g/mol. The Bertz CT molecular complexity index is 1820. The van der Waals surface area contributed by atoms with Crippen molar-refractivity contribution in [2.75, 3.05) is 25.6 Å². The number of ether oxygens (including phenoxy) is 2. The van der Waals surface area contributed by atoms with E-state index in [4.69, 9.17) is 32.7 Å². The summed E-state index contributed by atoms with van der Waals surface area (Å²) in [5.74, 6) is 1.02. The molecule has 6 rings (SSSR count). The number of amides is 1. The van der Waals surface area contributed by atoms with Crippen molar-refractivity contribution in [1.82, 2.24) is 34.5 Å². The van der Waals surface area contributed by atoms with Gasteiger partial charge >= 0.3 is 6.09 Å². The Hall–Kier alpha value is -4.52. The van der Waals surface area contributed by atoms with Crippen LogP contribution in [-0.2, 0) is 15.9 Å². The molecule has 0 aliphatic carbocycles. The van der Waals surface area contributed by atoms with Crippen LogP contribution in [0.25, 0.3) is 28.1 Å². The summed E-state index contributed by atoms with van der Waals surface area (Å²) in [4.78, 5) is 37.5. The number of aromatic nitrogens is 7. The van der Waals surface area contributed by atoms with Gasteiger partial charge in [0.25, 0.3) is 5.56 Å². The fraction of sp³-hybridized carbons (Fsp3) is 0.214. The number of benzene rings is 1. The minimum absolute atomic E-state index is 0.145. The first-order valence-electron chi connectivity index (χ1n) is 13.0. The molecule has 0 bridgehead atoms. The van der Waals surface area contributed by atoms with Crippen molar-refractivity contribution in [3.63, 3.8) is 0 Å². The number of aryl methyl sites for hydroxylation is 1. The highest BCUT2D eigenvalue weighted by Gasteiger charge is 2.28. The molecule has 5 aromatic rings. The van der Waals surface area contributed by atoms with Crippen LogP contribution in [-0.4, -0.2) is 60.9 Å². The number of hydrogen-bond acceptors (Lipinski definition) is 8. The van der Waals surface area contributed by atoms with Gasteiger partial charge in [-0.1, -0.05) is 28.4 Å². The molecule has 214 valence electrons. The number of nitrogens with one attached hydrogen (secondary N) is 2. The minimum Gasteiger partial charge on any atom is -0.447 e. The third-order valence-electron chi connectivity index (χ3n) is 6.85. The van der Waals surface area contributed by atoms with Crippen molar-refractivity contribution in [2.24, 2.45) is 0 Å². The Morgan fingerprint density at radius 1 is 1.10 bits per heavy atom. The van der Waals surface area contributed by atoms with E-state index in [-0.39, 0.29) is 23.4 Å². The third-order valence-corrected chi connectivity index (χ3v) is 7.26. The molecule has 0 fully saturated rings. The van der Waals surface area contributed by atoms with Crippen LogP contribution in [0.15, 0.2) is 65.8 Å². The summed E-state index contributed by atoms with van der Waals surface area (Å²) in [6, 6.07) is 12.2. The minimum atomic E-state index is -0.612. The van der Waals surface area contributed by atoms with Gasteiger partial charge in [-0.15, -0.1) is 5.10 Å². The van der Waals surface area contributed by atoms with E-state index < -0.39 is 6.09 Å². The molecule has 1 aliphatic heterocycles. The van der Waals surface area contributed by atoms with Crippen LogP contribution < -0.4 is 10.9 Å². The van der Waals surface area contributed by atoms with Crippen molar-refractivity contribution < 1.29 is 14.3 Å². The zero-order valence-electron chi connectivity index (χ0n) is 22.3. The van der Waals surface area contributed by atoms with Gasteiger partial charge in [0.05, 0.1) is 36.4 Å². The Morgan fingerprint density at radius 2 is 1.98 bits per heavy atom. The Balaban J connectivity index is 1.23. The van der Waals surface area contributed by atoms with Gasteiger partial charge in [0.1, 0.15) is 18.2 Å². The number of aromatic amines is 1. The molecule has 0 radical (unpaired) electrons. The van der Waals surface area contributed by atoms with E-state index in [1.54, 1.807) is 58.2 Å². The van der Waals surface area contributed by atoms with Crippen LogP contribution in [0.1, 0.15) is 24.0 Å². The van der Waals surface area contributed by atoms with E-state index in [9.17, 15) is 9.59 Å². The molecule has 0 saturated heterocycles. The van der Waals surface area contributed by atoms with Crippen molar-refractivity contribution in [1.29, 1.82) is 0 Å². The summed E-state index contributed by atoms with van der Waals surface area (Å²) in [6.07, 6.45) is 5.71. The number of rotatable bonds is 8. The lowest BCUT2D eigenvalue weighted by Gasteiger charge is -2.15. The van der Waals surface area contributed by atoms with Crippen LogP contribution in [0.2, 0.25) is 10.2 Å². The lowest BCUT2D eigenvalue weighted by atomic mass is 10.0. The molecule has 2 N–H and O–H groups in total. The normalized spacial score (nSPS) is 14.1. The van der Waals surface area contributed by atoms with Crippen molar-refractivity contribution in [3.8, 4) is 28.1 Å². The highest BCUT2D eigenvalue weighted by Crippen LogP contribution is 2.34. The fourth-order valence-corrected chi connectivity index (χ4v) is 5.25. The molecule has 1 aliphatic rings. The second-order valence-corrected chi connectivity index (χ2v) is 10.3. The number of anilines is 1. The van der Waals surface area contributed by atoms with Crippen LogP contribution in [0.4, 0.5) is 10.6 Å². The van der Waals surface area contributed by atoms with E-state index in [0.717, 1.165) is 28.1 Å². The largest absolute Gasteiger partial charge is 0.447 e. The maximum absolute atomic E-state index is 13.5. The number of carbonyl (C=O) groups excluding carboxylic acids is 1. The zero-order chi connectivity index (χ0) is 29.2. The van der Waals surface area contributed by atoms with Crippen LogP contribution in [0, 0.1) is 0 Å². The molecular weight excluding hydrogens is 583 g/mol. The lowest BCUT2D eigenvalue weighted by molar-refractivity contribution is 0.107. The van der Waals surface area contributed by atoms with E-state index in [0.29, 0.717) is 41.8 Å². The summed E-state index contributed by atoms with van der Waals surface area (Å²) < 4.78 is 13.2. The molecule has 0 spiro atoms. The number of hydrogen-bond donors (Lipinski definition) is 2. The van der Waals surface area contributed by atoms with E-state index in [2.05, 4.69) is 30.6 Å². The second-order valence-electron chi connectivity index (χ2n) is 9.51. The first-order valence-corrected chi connectivity index (χ1v) is 13.7. The molecule has 5 heterocycles. The topological polar surface area (TPSA) is 142 Å². The van der Waals surface area contributed by atoms with Gasteiger partial charge in [-0.3, -0.25) is 10.1 Å². The van der Waals surface area contributed by atoms with Gasteiger partial charge in [0.2, 0.25) is 0 Å². The molecule has 4 aromatic heterocycles. The summed E-state index contributed by atoms with van der Waals surface area (Å²) in [6.45, 7) is 0.454. The zero-order valence-corrected chi connectivity index (χ0v) is 23.8. The summed E-state index contributed by atoms with van der Waals surface area (Å²) in [5.41, 5.74) is 4.40. The molecule has 12 nitrogen and oxygen atoms in total. The fourth-order valence-electron chi connectivity index (χ4n) is 4.95. The average Bonchev–Trinajstić information content (AvgIpc) is 3.73. The molecular formula is C28H24Cl2N8O4. The quantitative estimate of drug-likeness (QED) is 0.237. The molecule has 42 heavy (non-hydrogen) atoms. The molecule has 1 atom stereocenters. The number of pyridine rings is 2. The first-order chi connectivity index (χ1) is 20.4. The Kier molecular flexibility index (Phi) is 7.74. The maximum atomic E-state index is 13.5. The molecule has 14 heteroatoms. The van der Waals surface area contributed by atoms with Crippen LogP contribution in [0.3, 0.4) is 0 Å². The van der Waals surface area contributed by atoms with Gasteiger partial charge in [0.15, 0.2) is 5.15 Å². The second kappa shape index (κ2) is 11.8. The molecule has 1 amide bonds. The molecule has 0 unspecified atom stereocenters. The van der Waals surface area contributed by atoms with Crippen LogP contribution in [0.5, 0.6) is 0 Å². The van der Waals surface area contributed by atoms with Crippen molar-refractivity contribution in [3.05, 3.63) is 93.1 Å². The smallest absolute Gasteiger partial charge is 0.412 e. The lowest BCUT2D eigenvalue weighted by Crippen LogP contribution is -2.23. The van der Waals surface area contributed by atoms with Crippen molar-refractivity contribution >= 4 is 35.1 Å². The predicted octanol–water partition coefficient (Wildman–Crippen LogP) is 4.92. The van der Waals surface area contributed by atoms with E-state index in [1.807, 2.05) is 12.1 Å². The Labute approximate surface area is 249 Å². The monoisotopic (exact) mass is 606 g/mol. The number of imidazole rings is 1. The number of carbonyl (C=O) groups is 1. The molecule has 1 aromatic carbocycles. The van der Waals surface area contributed by atoms with Gasteiger partial charge in [-0.05, 0) is 54.8 Å². The van der Waals surface area contributed by atoms with E-state index in [1.165, 1.54) is 7.11 Å². The number of nitrogens with zero attached hydrogens (tertiary/aromatic N) is 6.